The van der Waals surface area contributed by atoms with E-state index in [2.05, 4.69) is 18.9 Å². The smallest absolute Gasteiger partial charge is 0.0848 e. The van der Waals surface area contributed by atoms with E-state index in [-0.39, 0.29) is 0 Å². The highest BCUT2D eigenvalue weighted by atomic mass is 35.5. The van der Waals surface area contributed by atoms with Gasteiger partial charge in [0.25, 0.3) is 0 Å². The van der Waals surface area contributed by atoms with E-state index in [9.17, 15) is 5.11 Å². The van der Waals surface area contributed by atoms with Crippen LogP contribution in [0.3, 0.4) is 0 Å². The molecule has 0 aromatic carbocycles. The van der Waals surface area contributed by atoms with E-state index in [1.807, 2.05) is 11.6 Å². The number of nitrogens with zero attached hydrogens (tertiary/aromatic N) is 2. The number of aromatic nitrogens is 2. The minimum Gasteiger partial charge on any atom is -0.389 e. The van der Waals surface area contributed by atoms with Crippen LogP contribution >= 0.6 is 11.6 Å². The number of hydrogen-bond acceptors (Lipinski definition) is 2. The van der Waals surface area contributed by atoms with Crippen LogP contribution in [-0.4, -0.2) is 20.5 Å². The predicted octanol–water partition coefficient (Wildman–Crippen LogP) is 4.52. The number of aliphatic hydroxyl groups is 1. The quantitative estimate of drug-likeness (QED) is 0.812. The molecule has 2 unspecified atom stereocenters. The van der Waals surface area contributed by atoms with Gasteiger partial charge in [0.1, 0.15) is 0 Å². The van der Waals surface area contributed by atoms with Crippen LogP contribution in [-0.2, 0) is 13.0 Å². The summed E-state index contributed by atoms with van der Waals surface area (Å²) in [6.45, 7) is 7.06. The number of halogens is 1. The van der Waals surface area contributed by atoms with Gasteiger partial charge < -0.3 is 5.11 Å². The molecule has 1 saturated carbocycles. The van der Waals surface area contributed by atoms with E-state index in [0.29, 0.717) is 6.42 Å². The maximum atomic E-state index is 11.0. The summed E-state index contributed by atoms with van der Waals surface area (Å²) in [5.74, 6) is 0.789. The van der Waals surface area contributed by atoms with Gasteiger partial charge in [-0.1, -0.05) is 44.2 Å². The summed E-state index contributed by atoms with van der Waals surface area (Å²) in [5.41, 5.74) is 1.27. The monoisotopic (exact) mass is 312 g/mol. The molecular formula is C17H29ClN2O. The Hall–Kier alpha value is -0.540. The summed E-state index contributed by atoms with van der Waals surface area (Å²) < 4.78 is 1.95. The number of aryl methyl sites for hydroxylation is 2. The van der Waals surface area contributed by atoms with Gasteiger partial charge in [0, 0.05) is 13.0 Å². The molecule has 0 spiro atoms. The maximum absolute atomic E-state index is 11.0. The third-order valence-electron chi connectivity index (χ3n) is 4.92. The fourth-order valence-electron chi connectivity index (χ4n) is 3.69. The Bertz CT molecular complexity index is 472. The summed E-state index contributed by atoms with van der Waals surface area (Å²) >= 11 is 6.40. The SMILES string of the molecule is CCCC1CCCC(O)(Cc2c(Cl)c(C)nn2CC)CC1. The van der Waals surface area contributed by atoms with Crippen molar-refractivity contribution in [1.29, 1.82) is 0 Å². The van der Waals surface area contributed by atoms with E-state index in [0.717, 1.165) is 54.6 Å². The molecule has 0 aliphatic heterocycles. The van der Waals surface area contributed by atoms with Crippen LogP contribution in [0.4, 0.5) is 0 Å². The summed E-state index contributed by atoms with van der Waals surface area (Å²) in [7, 11) is 0. The average molecular weight is 313 g/mol. The first-order valence-corrected chi connectivity index (χ1v) is 8.81. The molecule has 0 saturated heterocycles. The van der Waals surface area contributed by atoms with Gasteiger partial charge in [0.2, 0.25) is 0 Å². The van der Waals surface area contributed by atoms with E-state index in [1.165, 1.54) is 19.3 Å². The summed E-state index contributed by atoms with van der Waals surface area (Å²) in [4.78, 5) is 0. The Labute approximate surface area is 133 Å². The first kappa shape index (κ1) is 16.8. The Kier molecular flexibility index (Phi) is 5.73. The lowest BCUT2D eigenvalue weighted by molar-refractivity contribution is 0.0222. The molecule has 2 atom stereocenters. The van der Waals surface area contributed by atoms with Crippen molar-refractivity contribution in [3.05, 3.63) is 16.4 Å². The summed E-state index contributed by atoms with van der Waals surface area (Å²) in [6.07, 6.45) is 8.48. The second-order valence-corrected chi connectivity index (χ2v) is 7.03. The molecule has 1 aliphatic carbocycles. The lowest BCUT2D eigenvalue weighted by Gasteiger charge is -2.27. The molecule has 0 amide bonds. The zero-order valence-electron chi connectivity index (χ0n) is 13.7. The minimum atomic E-state index is -0.606. The van der Waals surface area contributed by atoms with Crippen LogP contribution < -0.4 is 0 Å². The van der Waals surface area contributed by atoms with Crippen molar-refractivity contribution in [2.45, 2.75) is 84.3 Å². The molecule has 21 heavy (non-hydrogen) atoms. The second-order valence-electron chi connectivity index (χ2n) is 6.65. The zero-order valence-corrected chi connectivity index (χ0v) is 14.4. The van der Waals surface area contributed by atoms with Crippen molar-refractivity contribution in [1.82, 2.24) is 9.78 Å². The average Bonchev–Trinajstić information content (AvgIpc) is 2.62. The predicted molar refractivity (Wildman–Crippen MR) is 87.8 cm³/mol. The maximum Gasteiger partial charge on any atom is 0.0848 e. The molecular weight excluding hydrogens is 284 g/mol. The van der Waals surface area contributed by atoms with Gasteiger partial charge in [0.05, 0.1) is 22.0 Å². The molecule has 0 radical (unpaired) electrons. The van der Waals surface area contributed by atoms with Crippen molar-refractivity contribution in [3.8, 4) is 0 Å². The van der Waals surface area contributed by atoms with Crippen molar-refractivity contribution in [2.75, 3.05) is 0 Å². The highest BCUT2D eigenvalue weighted by Crippen LogP contribution is 2.36. The molecule has 0 bridgehead atoms. The molecule has 1 aromatic rings. The Balaban J connectivity index is 2.11. The number of hydrogen-bond donors (Lipinski definition) is 1. The molecule has 3 nitrogen and oxygen atoms in total. The number of rotatable bonds is 5. The molecule has 1 N–H and O–H groups in total. The van der Waals surface area contributed by atoms with Gasteiger partial charge in [-0.15, -0.1) is 0 Å². The topological polar surface area (TPSA) is 38.1 Å². The first-order chi connectivity index (χ1) is 9.99. The molecule has 2 rings (SSSR count). The van der Waals surface area contributed by atoms with E-state index < -0.39 is 5.60 Å². The van der Waals surface area contributed by atoms with Gasteiger partial charge in [-0.2, -0.15) is 5.10 Å². The van der Waals surface area contributed by atoms with Crippen LogP contribution in [0.25, 0.3) is 0 Å². The normalized spacial score (nSPS) is 26.8. The Morgan fingerprint density at radius 1 is 1.33 bits per heavy atom. The molecule has 1 heterocycles. The summed E-state index contributed by atoms with van der Waals surface area (Å²) in [6, 6.07) is 0. The van der Waals surface area contributed by atoms with Crippen molar-refractivity contribution >= 4 is 11.6 Å². The van der Waals surface area contributed by atoms with E-state index in [1.54, 1.807) is 0 Å². The Morgan fingerprint density at radius 2 is 2.10 bits per heavy atom. The molecule has 120 valence electrons. The van der Waals surface area contributed by atoms with Crippen LogP contribution in [0.1, 0.15) is 70.2 Å². The van der Waals surface area contributed by atoms with Crippen molar-refractivity contribution in [2.24, 2.45) is 5.92 Å². The molecule has 1 aromatic heterocycles. The zero-order chi connectivity index (χ0) is 15.5. The van der Waals surface area contributed by atoms with Gasteiger partial charge in [-0.3, -0.25) is 4.68 Å². The Morgan fingerprint density at radius 3 is 2.76 bits per heavy atom. The highest BCUT2D eigenvalue weighted by Gasteiger charge is 2.33. The van der Waals surface area contributed by atoms with Gasteiger partial charge in [-0.05, 0) is 39.0 Å². The highest BCUT2D eigenvalue weighted by molar-refractivity contribution is 6.31. The summed E-state index contributed by atoms with van der Waals surface area (Å²) in [5, 5.41) is 16.2. The lowest BCUT2D eigenvalue weighted by Crippen LogP contribution is -2.32. The molecule has 1 fully saturated rings. The van der Waals surface area contributed by atoms with Gasteiger partial charge in [-0.25, -0.2) is 0 Å². The van der Waals surface area contributed by atoms with E-state index >= 15 is 0 Å². The molecule has 1 aliphatic rings. The first-order valence-electron chi connectivity index (χ1n) is 8.43. The van der Waals surface area contributed by atoms with Crippen LogP contribution in [0, 0.1) is 12.8 Å². The third kappa shape index (κ3) is 4.01. The van der Waals surface area contributed by atoms with Crippen LogP contribution in [0.5, 0.6) is 0 Å². The van der Waals surface area contributed by atoms with E-state index in [4.69, 9.17) is 11.6 Å². The second kappa shape index (κ2) is 7.15. The third-order valence-corrected chi connectivity index (χ3v) is 5.41. The fourth-order valence-corrected chi connectivity index (χ4v) is 3.89. The van der Waals surface area contributed by atoms with Crippen molar-refractivity contribution in [3.63, 3.8) is 0 Å². The van der Waals surface area contributed by atoms with Gasteiger partial charge in [0.15, 0.2) is 0 Å². The largest absolute Gasteiger partial charge is 0.389 e. The van der Waals surface area contributed by atoms with Crippen LogP contribution in [0.2, 0.25) is 5.02 Å². The lowest BCUT2D eigenvalue weighted by atomic mass is 9.88. The van der Waals surface area contributed by atoms with Crippen LogP contribution in [0.15, 0.2) is 0 Å². The fraction of sp³-hybridized carbons (Fsp3) is 0.824. The molecule has 4 heteroatoms. The standard InChI is InChI=1S/C17H29ClN2O/c1-4-7-14-8-6-10-17(21,11-9-14)12-15-16(18)13(3)19-20(15)5-2/h14,21H,4-12H2,1-3H3. The van der Waals surface area contributed by atoms with Crippen molar-refractivity contribution < 1.29 is 5.11 Å². The minimum absolute atomic E-state index is 0.606. The van der Waals surface area contributed by atoms with Gasteiger partial charge >= 0.3 is 0 Å².